The van der Waals surface area contributed by atoms with Gasteiger partial charge in [0.05, 0.1) is 6.04 Å². The minimum absolute atomic E-state index is 0.00461. The zero-order chi connectivity index (χ0) is 15.4. The van der Waals surface area contributed by atoms with Gasteiger partial charge in [-0.1, -0.05) is 44.5 Å². The Morgan fingerprint density at radius 3 is 2.33 bits per heavy atom. The molecule has 5 heteroatoms. The molecule has 2 atom stereocenters. The van der Waals surface area contributed by atoms with Crippen molar-refractivity contribution in [1.82, 2.24) is 14.8 Å². The van der Waals surface area contributed by atoms with Gasteiger partial charge in [-0.05, 0) is 24.1 Å². The Morgan fingerprint density at radius 2 is 1.81 bits per heavy atom. The fourth-order valence-electron chi connectivity index (χ4n) is 2.47. The molecule has 0 spiro atoms. The van der Waals surface area contributed by atoms with Crippen LogP contribution in [0.2, 0.25) is 5.02 Å². The van der Waals surface area contributed by atoms with Crippen molar-refractivity contribution in [3.05, 3.63) is 46.5 Å². The van der Waals surface area contributed by atoms with E-state index in [4.69, 9.17) is 17.3 Å². The number of nitrogens with two attached hydrogens (primary N) is 1. The lowest BCUT2D eigenvalue weighted by Gasteiger charge is -2.25. The zero-order valence-corrected chi connectivity index (χ0v) is 13.6. The van der Waals surface area contributed by atoms with Crippen molar-refractivity contribution in [2.24, 2.45) is 5.73 Å². The maximum Gasteiger partial charge on any atom is 0.150 e. The molecule has 1 aromatic carbocycles. The molecule has 4 nitrogen and oxygen atoms in total. The van der Waals surface area contributed by atoms with Crippen LogP contribution in [0.1, 0.15) is 50.4 Å². The van der Waals surface area contributed by atoms with Gasteiger partial charge in [0.2, 0.25) is 0 Å². The smallest absolute Gasteiger partial charge is 0.150 e. The number of aromatic nitrogens is 3. The number of benzene rings is 1. The van der Waals surface area contributed by atoms with E-state index in [9.17, 15) is 0 Å². The average Bonchev–Trinajstić information content (AvgIpc) is 2.92. The molecule has 21 heavy (non-hydrogen) atoms. The molecule has 0 saturated heterocycles. The van der Waals surface area contributed by atoms with Gasteiger partial charge >= 0.3 is 0 Å². The van der Waals surface area contributed by atoms with Crippen LogP contribution in [0.15, 0.2) is 24.3 Å². The van der Waals surface area contributed by atoms with E-state index in [1.54, 1.807) is 0 Å². The molecular weight excluding hydrogens is 284 g/mol. The van der Waals surface area contributed by atoms with Gasteiger partial charge in [-0.2, -0.15) is 5.10 Å². The number of nitrogens with zero attached hydrogens (tertiary/aromatic N) is 3. The third-order valence-corrected chi connectivity index (χ3v) is 3.98. The summed E-state index contributed by atoms with van der Waals surface area (Å²) < 4.78 is 2.00. The van der Waals surface area contributed by atoms with Gasteiger partial charge in [-0.3, -0.25) is 0 Å². The van der Waals surface area contributed by atoms with E-state index in [1.165, 1.54) is 0 Å². The number of halogens is 1. The van der Waals surface area contributed by atoms with Crippen molar-refractivity contribution in [1.29, 1.82) is 0 Å². The predicted octanol–water partition coefficient (Wildman–Crippen LogP) is 3.38. The molecule has 114 valence electrons. The second kappa shape index (κ2) is 7.05. The first-order chi connectivity index (χ1) is 10.1. The Labute approximate surface area is 131 Å². The molecular formula is C16H23ClN4. The van der Waals surface area contributed by atoms with E-state index in [2.05, 4.69) is 30.9 Å². The largest absolute Gasteiger partial charge is 0.326 e. The van der Waals surface area contributed by atoms with Gasteiger partial charge in [-0.15, -0.1) is 0 Å². The Bertz CT molecular complexity index is 576. The third kappa shape index (κ3) is 3.44. The Morgan fingerprint density at radius 1 is 1.14 bits per heavy atom. The molecule has 0 aliphatic carbocycles. The molecule has 0 aliphatic rings. The first-order valence-electron chi connectivity index (χ1n) is 7.55. The summed E-state index contributed by atoms with van der Waals surface area (Å²) in [6.07, 6.45) is 2.54. The molecule has 2 unspecified atom stereocenters. The quantitative estimate of drug-likeness (QED) is 0.890. The van der Waals surface area contributed by atoms with Crippen molar-refractivity contribution >= 4 is 11.6 Å². The van der Waals surface area contributed by atoms with Crippen molar-refractivity contribution in [3.8, 4) is 0 Å². The summed E-state index contributed by atoms with van der Waals surface area (Å²) in [4.78, 5) is 4.60. The highest BCUT2D eigenvalue weighted by molar-refractivity contribution is 6.30. The number of hydrogen-bond donors (Lipinski definition) is 1. The molecule has 0 bridgehead atoms. The van der Waals surface area contributed by atoms with Gasteiger partial charge in [0, 0.05) is 23.9 Å². The summed E-state index contributed by atoms with van der Waals surface area (Å²) in [5.74, 6) is 1.85. The van der Waals surface area contributed by atoms with E-state index < -0.39 is 0 Å². The van der Waals surface area contributed by atoms with Crippen LogP contribution in [0.3, 0.4) is 0 Å². The fraction of sp³-hybridized carbons (Fsp3) is 0.500. The van der Waals surface area contributed by atoms with Gasteiger partial charge < -0.3 is 5.73 Å². The lowest BCUT2D eigenvalue weighted by Crippen LogP contribution is -2.34. The maximum absolute atomic E-state index is 6.37. The summed E-state index contributed by atoms with van der Waals surface area (Å²) in [6, 6.07) is 7.83. The van der Waals surface area contributed by atoms with E-state index in [0.29, 0.717) is 0 Å². The first kappa shape index (κ1) is 16.0. The third-order valence-electron chi connectivity index (χ3n) is 3.73. The van der Waals surface area contributed by atoms with Crippen LogP contribution in [0.4, 0.5) is 0 Å². The minimum Gasteiger partial charge on any atom is -0.326 e. The number of rotatable bonds is 6. The SMILES string of the molecule is CCc1nc(CC)n(C(c2ccc(Cl)cc2)C(N)CC)n1. The lowest BCUT2D eigenvalue weighted by molar-refractivity contribution is 0.410. The van der Waals surface area contributed by atoms with Crippen LogP contribution in [-0.4, -0.2) is 20.8 Å². The molecule has 0 radical (unpaired) electrons. The fourth-order valence-corrected chi connectivity index (χ4v) is 2.60. The highest BCUT2D eigenvalue weighted by Crippen LogP contribution is 2.25. The standard InChI is InChI=1S/C16H23ClN4/c1-4-13(18)16(11-7-9-12(17)10-8-11)21-15(6-3)19-14(5-2)20-21/h7-10,13,16H,4-6,18H2,1-3H3. The lowest BCUT2D eigenvalue weighted by atomic mass is 9.98. The zero-order valence-electron chi connectivity index (χ0n) is 12.9. The Kier molecular flexibility index (Phi) is 5.37. The molecule has 0 saturated carbocycles. The summed E-state index contributed by atoms with van der Waals surface area (Å²) in [5.41, 5.74) is 7.49. The first-order valence-corrected chi connectivity index (χ1v) is 7.93. The second-order valence-electron chi connectivity index (χ2n) is 5.16. The van der Waals surface area contributed by atoms with Crippen LogP contribution < -0.4 is 5.73 Å². The maximum atomic E-state index is 6.37. The van der Waals surface area contributed by atoms with Gasteiger partial charge in [-0.25, -0.2) is 9.67 Å². The summed E-state index contributed by atoms with van der Waals surface area (Å²) in [5, 5.41) is 5.39. The minimum atomic E-state index is -0.0112. The van der Waals surface area contributed by atoms with E-state index >= 15 is 0 Å². The van der Waals surface area contributed by atoms with Crippen LogP contribution >= 0.6 is 11.6 Å². The molecule has 2 rings (SSSR count). The predicted molar refractivity (Wildman–Crippen MR) is 86.6 cm³/mol. The van der Waals surface area contributed by atoms with Crippen LogP contribution in [-0.2, 0) is 12.8 Å². The highest BCUT2D eigenvalue weighted by Gasteiger charge is 2.24. The molecule has 0 amide bonds. The van der Waals surface area contributed by atoms with Crippen LogP contribution in [0, 0.1) is 0 Å². The molecule has 1 heterocycles. The molecule has 0 aliphatic heterocycles. The van der Waals surface area contributed by atoms with Crippen molar-refractivity contribution in [2.75, 3.05) is 0 Å². The second-order valence-corrected chi connectivity index (χ2v) is 5.60. The number of hydrogen-bond acceptors (Lipinski definition) is 3. The van der Waals surface area contributed by atoms with E-state index in [0.717, 1.165) is 41.5 Å². The molecule has 0 fully saturated rings. The van der Waals surface area contributed by atoms with Gasteiger partial charge in [0.1, 0.15) is 5.82 Å². The van der Waals surface area contributed by atoms with Crippen molar-refractivity contribution in [2.45, 2.75) is 52.1 Å². The summed E-state index contributed by atoms with van der Waals surface area (Å²) in [6.45, 7) is 6.25. The highest BCUT2D eigenvalue weighted by atomic mass is 35.5. The van der Waals surface area contributed by atoms with Crippen molar-refractivity contribution < 1.29 is 0 Å². The Balaban J connectivity index is 2.49. The van der Waals surface area contributed by atoms with Gasteiger partial charge in [0.15, 0.2) is 5.82 Å². The summed E-state index contributed by atoms with van der Waals surface area (Å²) in [7, 11) is 0. The van der Waals surface area contributed by atoms with Crippen molar-refractivity contribution in [3.63, 3.8) is 0 Å². The topological polar surface area (TPSA) is 56.7 Å². The average molecular weight is 307 g/mol. The summed E-state index contributed by atoms with van der Waals surface area (Å²) >= 11 is 5.99. The normalized spacial score (nSPS) is 14.1. The van der Waals surface area contributed by atoms with E-state index in [1.807, 2.05) is 28.9 Å². The van der Waals surface area contributed by atoms with Gasteiger partial charge in [0.25, 0.3) is 0 Å². The van der Waals surface area contributed by atoms with E-state index in [-0.39, 0.29) is 12.1 Å². The Hall–Kier alpha value is -1.39. The number of aryl methyl sites for hydroxylation is 2. The molecule has 2 N–H and O–H groups in total. The molecule has 1 aromatic heterocycles. The monoisotopic (exact) mass is 306 g/mol. The van der Waals surface area contributed by atoms with Crippen LogP contribution in [0.25, 0.3) is 0 Å². The van der Waals surface area contributed by atoms with Crippen LogP contribution in [0.5, 0.6) is 0 Å². The molecule has 2 aromatic rings.